The number of nitrogens with zero attached hydrogens (tertiary/aromatic N) is 3. The van der Waals surface area contributed by atoms with Crippen molar-refractivity contribution >= 4 is 11.8 Å². The molecule has 2 unspecified atom stereocenters. The van der Waals surface area contributed by atoms with Crippen LogP contribution >= 0.6 is 0 Å². The molecule has 0 bridgehead atoms. The van der Waals surface area contributed by atoms with Crippen LogP contribution in [0.1, 0.15) is 27.2 Å². The number of pyridine rings is 1. The number of carbonyl (C=O) groups is 1. The Labute approximate surface area is 129 Å². The van der Waals surface area contributed by atoms with Gasteiger partial charge in [0.15, 0.2) is 0 Å². The van der Waals surface area contributed by atoms with E-state index in [2.05, 4.69) is 4.98 Å². The van der Waals surface area contributed by atoms with E-state index in [0.717, 1.165) is 0 Å². The molecule has 0 spiro atoms. The fourth-order valence-electron chi connectivity index (χ4n) is 2.55. The lowest BCUT2D eigenvalue weighted by Crippen LogP contribution is -2.51. The second-order valence-corrected chi connectivity index (χ2v) is 6.42. The van der Waals surface area contributed by atoms with Gasteiger partial charge in [0.1, 0.15) is 17.3 Å². The molecule has 1 aliphatic rings. The Kier molecular flexibility index (Phi) is 4.63. The van der Waals surface area contributed by atoms with Crippen LogP contribution in [0.25, 0.3) is 0 Å². The molecule has 2 atom stereocenters. The highest BCUT2D eigenvalue weighted by Gasteiger charge is 2.44. The standard InChI is InChI=1S/C15H21N3O4/c1-15(2,3)22-14(19)11-7-9-17(10-12(11)18(20)21)13-6-4-5-8-16-13/h4-6,8,11-12H,7,9-10H2,1-3H3. The maximum absolute atomic E-state index is 12.2. The van der Waals surface area contributed by atoms with Gasteiger partial charge < -0.3 is 9.64 Å². The molecule has 1 fully saturated rings. The molecule has 2 heterocycles. The molecule has 0 N–H and O–H groups in total. The van der Waals surface area contributed by atoms with Crippen LogP contribution in [0.2, 0.25) is 0 Å². The van der Waals surface area contributed by atoms with Gasteiger partial charge in [-0.15, -0.1) is 0 Å². The first kappa shape index (κ1) is 16.2. The zero-order valence-corrected chi connectivity index (χ0v) is 13.1. The molecule has 1 saturated heterocycles. The molecule has 0 amide bonds. The summed E-state index contributed by atoms with van der Waals surface area (Å²) in [7, 11) is 0. The van der Waals surface area contributed by atoms with Gasteiger partial charge in [-0.25, -0.2) is 4.98 Å². The highest BCUT2D eigenvalue weighted by Crippen LogP contribution is 2.26. The van der Waals surface area contributed by atoms with Crippen LogP contribution in [-0.2, 0) is 9.53 Å². The number of esters is 1. The molecule has 0 aromatic carbocycles. The lowest BCUT2D eigenvalue weighted by molar-refractivity contribution is -0.528. The Bertz CT molecular complexity index is 541. The lowest BCUT2D eigenvalue weighted by atomic mass is 9.91. The fourth-order valence-corrected chi connectivity index (χ4v) is 2.55. The summed E-state index contributed by atoms with van der Waals surface area (Å²) in [6, 6.07) is 4.46. The average molecular weight is 307 g/mol. The Morgan fingerprint density at radius 3 is 2.73 bits per heavy atom. The van der Waals surface area contributed by atoms with Crippen molar-refractivity contribution in [2.45, 2.75) is 38.8 Å². The SMILES string of the molecule is CC(C)(C)OC(=O)C1CCN(c2ccccn2)CC1[N+](=O)[O-]. The third-order valence-corrected chi connectivity index (χ3v) is 3.54. The summed E-state index contributed by atoms with van der Waals surface area (Å²) in [5.41, 5.74) is -0.643. The molecular formula is C15H21N3O4. The highest BCUT2D eigenvalue weighted by molar-refractivity contribution is 5.74. The van der Waals surface area contributed by atoms with Crippen molar-refractivity contribution in [1.29, 1.82) is 0 Å². The van der Waals surface area contributed by atoms with Crippen molar-refractivity contribution in [2.75, 3.05) is 18.0 Å². The first-order valence-electron chi connectivity index (χ1n) is 7.30. The van der Waals surface area contributed by atoms with E-state index >= 15 is 0 Å². The summed E-state index contributed by atoms with van der Waals surface area (Å²) >= 11 is 0. The summed E-state index contributed by atoms with van der Waals surface area (Å²) in [5.74, 6) is -0.513. The smallest absolute Gasteiger partial charge is 0.316 e. The van der Waals surface area contributed by atoms with Gasteiger partial charge in [-0.05, 0) is 39.3 Å². The molecule has 2 rings (SSSR count). The number of ether oxygens (including phenoxy) is 1. The summed E-state index contributed by atoms with van der Waals surface area (Å²) in [4.78, 5) is 29.2. The van der Waals surface area contributed by atoms with Crippen molar-refractivity contribution in [2.24, 2.45) is 5.92 Å². The third kappa shape index (κ3) is 3.93. The lowest BCUT2D eigenvalue weighted by Gasteiger charge is -2.34. The van der Waals surface area contributed by atoms with E-state index in [1.54, 1.807) is 33.0 Å². The van der Waals surface area contributed by atoms with Crippen LogP contribution < -0.4 is 4.90 Å². The molecule has 1 aromatic heterocycles. The monoisotopic (exact) mass is 307 g/mol. The Balaban J connectivity index is 2.12. The van der Waals surface area contributed by atoms with Crippen molar-refractivity contribution in [3.05, 3.63) is 34.5 Å². The Hall–Kier alpha value is -2.18. The molecule has 0 radical (unpaired) electrons. The van der Waals surface area contributed by atoms with Gasteiger partial charge in [-0.3, -0.25) is 14.9 Å². The molecule has 7 heteroatoms. The topological polar surface area (TPSA) is 85.6 Å². The summed E-state index contributed by atoms with van der Waals surface area (Å²) in [6.07, 6.45) is 2.04. The normalized spacial score (nSPS) is 22.2. The molecular weight excluding hydrogens is 286 g/mol. The maximum atomic E-state index is 12.2. The van der Waals surface area contributed by atoms with Gasteiger partial charge in [0.05, 0.1) is 6.54 Å². The first-order valence-corrected chi connectivity index (χ1v) is 7.30. The van der Waals surface area contributed by atoms with E-state index in [4.69, 9.17) is 4.74 Å². The molecule has 22 heavy (non-hydrogen) atoms. The van der Waals surface area contributed by atoms with E-state index in [1.165, 1.54) is 0 Å². The number of nitro groups is 1. The number of rotatable bonds is 3. The van der Waals surface area contributed by atoms with Crippen LogP contribution in [0.4, 0.5) is 5.82 Å². The first-order chi connectivity index (χ1) is 10.3. The number of anilines is 1. The van der Waals surface area contributed by atoms with Gasteiger partial charge in [-0.1, -0.05) is 6.07 Å². The third-order valence-electron chi connectivity index (χ3n) is 3.54. The van der Waals surface area contributed by atoms with Crippen LogP contribution in [0.15, 0.2) is 24.4 Å². The molecule has 0 saturated carbocycles. The molecule has 1 aromatic rings. The van der Waals surface area contributed by atoms with Gasteiger partial charge in [0.25, 0.3) is 0 Å². The van der Waals surface area contributed by atoms with Crippen molar-refractivity contribution in [3.63, 3.8) is 0 Å². The zero-order chi connectivity index (χ0) is 16.3. The van der Waals surface area contributed by atoms with Crippen molar-refractivity contribution in [1.82, 2.24) is 4.98 Å². The fraction of sp³-hybridized carbons (Fsp3) is 0.600. The van der Waals surface area contributed by atoms with E-state index in [0.29, 0.717) is 18.8 Å². The number of hydrogen-bond acceptors (Lipinski definition) is 6. The van der Waals surface area contributed by atoms with Gasteiger partial charge in [0.2, 0.25) is 6.04 Å². The number of carbonyl (C=O) groups excluding carboxylic acids is 1. The Morgan fingerprint density at radius 2 is 2.18 bits per heavy atom. The Morgan fingerprint density at radius 1 is 1.45 bits per heavy atom. The summed E-state index contributed by atoms with van der Waals surface area (Å²) in [5, 5.41) is 11.4. The molecule has 1 aliphatic heterocycles. The second-order valence-electron chi connectivity index (χ2n) is 6.42. The minimum atomic E-state index is -0.981. The number of aromatic nitrogens is 1. The van der Waals surface area contributed by atoms with E-state index in [9.17, 15) is 14.9 Å². The number of hydrogen-bond donors (Lipinski definition) is 0. The minimum absolute atomic E-state index is 0.161. The largest absolute Gasteiger partial charge is 0.460 e. The highest BCUT2D eigenvalue weighted by atomic mass is 16.6. The van der Waals surface area contributed by atoms with Crippen LogP contribution in [0, 0.1) is 16.0 Å². The summed E-state index contributed by atoms with van der Waals surface area (Å²) < 4.78 is 5.32. The summed E-state index contributed by atoms with van der Waals surface area (Å²) in [6.45, 7) is 5.98. The van der Waals surface area contributed by atoms with Gasteiger partial charge in [0, 0.05) is 17.7 Å². The minimum Gasteiger partial charge on any atom is -0.460 e. The van der Waals surface area contributed by atoms with Crippen LogP contribution in [0.5, 0.6) is 0 Å². The van der Waals surface area contributed by atoms with Gasteiger partial charge in [-0.2, -0.15) is 0 Å². The molecule has 0 aliphatic carbocycles. The van der Waals surface area contributed by atoms with Gasteiger partial charge >= 0.3 is 5.97 Å². The molecule has 120 valence electrons. The van der Waals surface area contributed by atoms with E-state index < -0.39 is 23.5 Å². The quantitative estimate of drug-likeness (QED) is 0.481. The average Bonchev–Trinajstić information content (AvgIpc) is 2.45. The maximum Gasteiger partial charge on any atom is 0.316 e. The second kappa shape index (κ2) is 6.29. The van der Waals surface area contributed by atoms with Crippen LogP contribution in [0.3, 0.4) is 0 Å². The van der Waals surface area contributed by atoms with Crippen LogP contribution in [-0.4, -0.2) is 40.6 Å². The molecule has 7 nitrogen and oxygen atoms in total. The predicted molar refractivity (Wildman–Crippen MR) is 81.2 cm³/mol. The number of piperidine rings is 1. The van der Waals surface area contributed by atoms with Crippen molar-refractivity contribution in [3.8, 4) is 0 Å². The van der Waals surface area contributed by atoms with Crippen molar-refractivity contribution < 1.29 is 14.5 Å². The predicted octanol–water partition coefficient (Wildman–Crippen LogP) is 1.89. The van der Waals surface area contributed by atoms with E-state index in [1.807, 2.05) is 17.0 Å². The zero-order valence-electron chi connectivity index (χ0n) is 13.1. The van der Waals surface area contributed by atoms with E-state index in [-0.39, 0.29) is 11.5 Å².